The van der Waals surface area contributed by atoms with Crippen molar-refractivity contribution >= 4 is 73.2 Å². The smallest absolute Gasteiger partial charge is 0.338 e. The molecule has 2 bridgehead atoms. The van der Waals surface area contributed by atoms with Gasteiger partial charge in [0, 0.05) is 19.0 Å². The molecule has 212 valence electrons. The predicted octanol–water partition coefficient (Wildman–Crippen LogP) is 5.13. The summed E-state index contributed by atoms with van der Waals surface area (Å²) < 4.78 is 52.9. The van der Waals surface area contributed by atoms with Gasteiger partial charge in [-0.2, -0.15) is 8.42 Å². The van der Waals surface area contributed by atoms with Crippen LogP contribution in [0, 0.1) is 30.8 Å². The molecule has 2 aromatic rings. The molecule has 9 nitrogen and oxygen atoms in total. The molecule has 12 heteroatoms. The summed E-state index contributed by atoms with van der Waals surface area (Å²) in [5.74, 6) is -3.84. The predicted molar refractivity (Wildman–Crippen MR) is 157 cm³/mol. The van der Waals surface area contributed by atoms with E-state index in [0.717, 1.165) is 39.2 Å². The van der Waals surface area contributed by atoms with Gasteiger partial charge in [0.05, 0.1) is 22.3 Å². The van der Waals surface area contributed by atoms with E-state index in [2.05, 4.69) is 45.2 Å². The van der Waals surface area contributed by atoms with Crippen molar-refractivity contribution in [3.05, 3.63) is 54.7 Å². The largest absolute Gasteiger partial charge is 0.458 e. The lowest BCUT2D eigenvalue weighted by molar-refractivity contribution is -0.149. The Morgan fingerprint density at radius 3 is 2.35 bits per heavy atom. The number of hydrogen-bond acceptors (Lipinski definition) is 8. The number of halogens is 2. The van der Waals surface area contributed by atoms with Crippen LogP contribution >= 0.6 is 45.2 Å². The Balaban J connectivity index is 1.25. The van der Waals surface area contributed by atoms with Gasteiger partial charge in [0.25, 0.3) is 10.1 Å². The van der Waals surface area contributed by atoms with Crippen molar-refractivity contribution in [3.63, 3.8) is 0 Å². The second kappa shape index (κ2) is 10.8. The Labute approximate surface area is 258 Å². The van der Waals surface area contributed by atoms with Gasteiger partial charge in [-0.1, -0.05) is 19.3 Å². The molecule has 2 aromatic carbocycles. The van der Waals surface area contributed by atoms with E-state index in [0.29, 0.717) is 17.5 Å². The van der Waals surface area contributed by atoms with E-state index in [4.69, 9.17) is 14.2 Å². The molecule has 4 fully saturated rings. The van der Waals surface area contributed by atoms with Crippen LogP contribution in [-0.2, 0) is 29.2 Å². The fraction of sp³-hybridized carbons (Fsp3) is 0.464. The quantitative estimate of drug-likeness (QED) is 0.183. The highest BCUT2D eigenvalue weighted by Gasteiger charge is 2.70. The van der Waals surface area contributed by atoms with Gasteiger partial charge in [-0.25, -0.2) is 4.79 Å². The van der Waals surface area contributed by atoms with E-state index in [1.54, 1.807) is 12.1 Å². The molecule has 0 amide bonds. The van der Waals surface area contributed by atoms with Crippen LogP contribution in [0.3, 0.4) is 0 Å². The molecule has 0 spiro atoms. The van der Waals surface area contributed by atoms with Crippen LogP contribution in [0.4, 0.5) is 0 Å². The molecule has 3 aliphatic carbocycles. The summed E-state index contributed by atoms with van der Waals surface area (Å²) >= 11 is 4.25. The van der Waals surface area contributed by atoms with Gasteiger partial charge in [-0.15, -0.1) is 0 Å². The van der Waals surface area contributed by atoms with Crippen LogP contribution in [0.2, 0.25) is 0 Å². The lowest BCUT2D eigenvalue weighted by Crippen LogP contribution is -2.44. The van der Waals surface area contributed by atoms with Crippen molar-refractivity contribution in [3.8, 4) is 5.75 Å². The van der Waals surface area contributed by atoms with E-state index in [-0.39, 0.29) is 22.5 Å². The van der Waals surface area contributed by atoms with Gasteiger partial charge in [0.15, 0.2) is 0 Å². The van der Waals surface area contributed by atoms with E-state index in [1.807, 2.05) is 6.07 Å². The van der Waals surface area contributed by atoms with Gasteiger partial charge < -0.3 is 14.2 Å². The van der Waals surface area contributed by atoms with Crippen molar-refractivity contribution in [2.24, 2.45) is 23.7 Å². The monoisotopic (exact) mass is 792 g/mol. The minimum atomic E-state index is -4.46. The van der Waals surface area contributed by atoms with E-state index < -0.39 is 58.0 Å². The zero-order valence-corrected chi connectivity index (χ0v) is 26.3. The summed E-state index contributed by atoms with van der Waals surface area (Å²) in [5.41, 5.74) is 0.813. The van der Waals surface area contributed by atoms with Crippen LogP contribution in [0.5, 0.6) is 5.75 Å². The Bertz CT molecular complexity index is 1480. The Hall–Kier alpha value is -1.78. The molecule has 6 unspecified atom stereocenters. The van der Waals surface area contributed by atoms with Crippen molar-refractivity contribution in [2.45, 2.75) is 61.5 Å². The zero-order chi connectivity index (χ0) is 28.3. The average Bonchev–Trinajstić information content (AvgIpc) is 3.52. The van der Waals surface area contributed by atoms with E-state index in [9.17, 15) is 27.4 Å². The summed E-state index contributed by atoms with van der Waals surface area (Å²) in [7, 11) is -4.46. The molecule has 3 saturated carbocycles. The Kier molecular flexibility index (Phi) is 7.66. The van der Waals surface area contributed by atoms with Gasteiger partial charge in [-0.05, 0) is 112 Å². The zero-order valence-electron chi connectivity index (χ0n) is 21.1. The molecule has 6 atom stereocenters. The van der Waals surface area contributed by atoms with Crippen LogP contribution in [-0.4, -0.2) is 43.1 Å². The van der Waals surface area contributed by atoms with E-state index in [1.165, 1.54) is 18.2 Å². The Morgan fingerprint density at radius 2 is 1.68 bits per heavy atom. The first-order valence-corrected chi connectivity index (χ1v) is 16.8. The molecule has 1 heterocycles. The third kappa shape index (κ3) is 5.17. The first-order chi connectivity index (χ1) is 19.0. The molecule has 4 aliphatic rings. The van der Waals surface area contributed by atoms with Crippen LogP contribution in [0.1, 0.15) is 60.4 Å². The lowest BCUT2D eigenvalue weighted by atomic mass is 9.78. The summed E-state index contributed by atoms with van der Waals surface area (Å²) in [6.45, 7) is 0. The number of ether oxygens (including phenoxy) is 3. The standard InChI is InChI=1S/C28H26I2O9S/c29-15-8-14(9-16(30)10-15)26(31)38-24-19-12-20-23(28(33)39-25(20)24)22(19)27(32)37-17-6-7-21(40(34,35)36)18(11-17)13-4-2-1-3-5-13/h6-11,13,19-20,22-25H,1-5,12H2,(H,34,35,36). The molecule has 0 aromatic heterocycles. The van der Waals surface area contributed by atoms with E-state index >= 15 is 0 Å². The highest BCUT2D eigenvalue weighted by atomic mass is 127. The topological polar surface area (TPSA) is 133 Å². The number of rotatable bonds is 6. The van der Waals surface area contributed by atoms with Gasteiger partial charge in [-0.3, -0.25) is 14.1 Å². The first-order valence-electron chi connectivity index (χ1n) is 13.2. The number of carbonyl (C=O) groups excluding carboxylic acids is 3. The maximum Gasteiger partial charge on any atom is 0.338 e. The molecule has 0 radical (unpaired) electrons. The van der Waals surface area contributed by atoms with Gasteiger partial charge in [0.1, 0.15) is 18.0 Å². The van der Waals surface area contributed by atoms with Crippen molar-refractivity contribution in [1.29, 1.82) is 0 Å². The maximum absolute atomic E-state index is 13.6. The van der Waals surface area contributed by atoms with Crippen molar-refractivity contribution in [2.75, 3.05) is 0 Å². The molecular weight excluding hydrogens is 766 g/mol. The summed E-state index contributed by atoms with van der Waals surface area (Å²) in [4.78, 5) is 39.2. The fourth-order valence-electron chi connectivity index (χ4n) is 7.07. The van der Waals surface area contributed by atoms with Gasteiger partial charge in [0.2, 0.25) is 0 Å². The van der Waals surface area contributed by atoms with Crippen molar-refractivity contribution in [1.82, 2.24) is 0 Å². The number of benzene rings is 2. The number of fused-ring (bicyclic) bond motifs is 1. The highest BCUT2D eigenvalue weighted by molar-refractivity contribution is 14.1. The number of carbonyl (C=O) groups is 3. The molecule has 1 aliphatic heterocycles. The first kappa shape index (κ1) is 28.3. The third-order valence-electron chi connectivity index (χ3n) is 8.68. The van der Waals surface area contributed by atoms with Gasteiger partial charge >= 0.3 is 17.9 Å². The minimum Gasteiger partial charge on any atom is -0.458 e. The molecular formula is C28H26I2O9S. The molecule has 1 saturated heterocycles. The number of esters is 3. The van der Waals surface area contributed by atoms with Crippen LogP contribution in [0.15, 0.2) is 41.3 Å². The second-order valence-electron chi connectivity index (χ2n) is 11.0. The van der Waals surface area contributed by atoms with Crippen LogP contribution < -0.4 is 4.74 Å². The highest BCUT2D eigenvalue weighted by Crippen LogP contribution is 2.59. The summed E-state index contributed by atoms with van der Waals surface area (Å²) in [6.07, 6.45) is 3.62. The number of hydrogen-bond donors (Lipinski definition) is 1. The fourth-order valence-corrected chi connectivity index (χ4v) is 9.78. The molecule has 6 rings (SSSR count). The lowest BCUT2D eigenvalue weighted by Gasteiger charge is -2.30. The SMILES string of the molecule is O=C(OC1C2CC3C1OC(=O)C3C2C(=O)Oc1ccc(S(=O)(=O)O)c(C2CCCCC2)c1)c1cc(I)cc(I)c1. The third-order valence-corrected chi connectivity index (χ3v) is 10.9. The van der Waals surface area contributed by atoms with Crippen LogP contribution in [0.25, 0.3) is 0 Å². The molecule has 40 heavy (non-hydrogen) atoms. The summed E-state index contributed by atoms with van der Waals surface area (Å²) in [6, 6.07) is 9.46. The minimum absolute atomic E-state index is 0.0784. The Morgan fingerprint density at radius 1 is 0.975 bits per heavy atom. The average molecular weight is 792 g/mol. The maximum atomic E-state index is 13.6. The van der Waals surface area contributed by atoms with Crippen molar-refractivity contribution < 1.29 is 41.6 Å². The second-order valence-corrected chi connectivity index (χ2v) is 14.9. The normalized spacial score (nSPS) is 29.3. The molecule has 1 N–H and O–H groups in total. The summed E-state index contributed by atoms with van der Waals surface area (Å²) in [5, 5.41) is 0.